The molecule has 1 fully saturated rings. The third-order valence-corrected chi connectivity index (χ3v) is 2.80. The minimum atomic E-state index is -1.04. The normalized spacial score (nSPS) is 15.6. The molecular formula is C12H13F2NO. The average Bonchev–Trinajstić information content (AvgIpc) is 2.75. The van der Waals surface area contributed by atoms with Gasteiger partial charge in [0.15, 0.2) is 11.6 Å². The monoisotopic (exact) mass is 225 g/mol. The summed E-state index contributed by atoms with van der Waals surface area (Å²) in [5.74, 6) is -2.40. The second-order valence-electron chi connectivity index (χ2n) is 4.11. The molecule has 0 unspecified atom stereocenters. The number of carbonyl (C=O) groups is 1. The molecule has 0 aliphatic carbocycles. The smallest absolute Gasteiger partial charge is 0.256 e. The van der Waals surface area contributed by atoms with Crippen molar-refractivity contribution in [2.45, 2.75) is 19.8 Å². The number of amides is 1. The van der Waals surface area contributed by atoms with E-state index in [0.717, 1.165) is 18.9 Å². The van der Waals surface area contributed by atoms with Gasteiger partial charge in [-0.15, -0.1) is 0 Å². The van der Waals surface area contributed by atoms with Crippen molar-refractivity contribution in [3.8, 4) is 0 Å². The van der Waals surface area contributed by atoms with Crippen LogP contribution in [0.2, 0.25) is 0 Å². The van der Waals surface area contributed by atoms with Crippen molar-refractivity contribution in [3.05, 3.63) is 34.9 Å². The lowest BCUT2D eigenvalue weighted by atomic mass is 10.1. The van der Waals surface area contributed by atoms with E-state index in [1.807, 2.05) is 0 Å². The zero-order valence-electron chi connectivity index (χ0n) is 9.09. The molecule has 0 bridgehead atoms. The molecular weight excluding hydrogens is 212 g/mol. The van der Waals surface area contributed by atoms with E-state index in [0.29, 0.717) is 18.7 Å². The SMILES string of the molecule is Cc1cc(F)c(F)c(C(=O)N2CCCC2)c1. The van der Waals surface area contributed by atoms with Crippen LogP contribution in [-0.2, 0) is 0 Å². The van der Waals surface area contributed by atoms with Crippen LogP contribution in [-0.4, -0.2) is 23.9 Å². The molecule has 1 amide bonds. The molecule has 1 saturated heterocycles. The van der Waals surface area contributed by atoms with Gasteiger partial charge in [-0.2, -0.15) is 0 Å². The number of aryl methyl sites for hydroxylation is 1. The van der Waals surface area contributed by atoms with E-state index in [4.69, 9.17) is 0 Å². The minimum Gasteiger partial charge on any atom is -0.339 e. The molecule has 0 N–H and O–H groups in total. The van der Waals surface area contributed by atoms with Gasteiger partial charge in [-0.05, 0) is 37.5 Å². The number of hydrogen-bond donors (Lipinski definition) is 0. The number of carbonyl (C=O) groups excluding carboxylic acids is 1. The van der Waals surface area contributed by atoms with Crippen LogP contribution in [0.5, 0.6) is 0 Å². The molecule has 1 aliphatic rings. The molecule has 1 heterocycles. The number of hydrogen-bond acceptors (Lipinski definition) is 1. The number of halogens is 2. The van der Waals surface area contributed by atoms with Gasteiger partial charge in [0.25, 0.3) is 5.91 Å². The van der Waals surface area contributed by atoms with Gasteiger partial charge in [0.1, 0.15) is 0 Å². The van der Waals surface area contributed by atoms with E-state index < -0.39 is 17.5 Å². The van der Waals surface area contributed by atoms with Gasteiger partial charge in [-0.25, -0.2) is 8.78 Å². The van der Waals surface area contributed by atoms with Crippen molar-refractivity contribution in [3.63, 3.8) is 0 Å². The highest BCUT2D eigenvalue weighted by Crippen LogP contribution is 2.19. The van der Waals surface area contributed by atoms with Crippen LogP contribution in [0.1, 0.15) is 28.8 Å². The van der Waals surface area contributed by atoms with Crippen molar-refractivity contribution in [1.29, 1.82) is 0 Å². The van der Waals surface area contributed by atoms with Crippen molar-refractivity contribution in [2.75, 3.05) is 13.1 Å². The topological polar surface area (TPSA) is 20.3 Å². The molecule has 1 aromatic rings. The highest BCUT2D eigenvalue weighted by Gasteiger charge is 2.23. The van der Waals surface area contributed by atoms with E-state index in [-0.39, 0.29) is 5.56 Å². The van der Waals surface area contributed by atoms with Crippen LogP contribution in [0.15, 0.2) is 12.1 Å². The number of nitrogens with zero attached hydrogens (tertiary/aromatic N) is 1. The fraction of sp³-hybridized carbons (Fsp3) is 0.417. The standard InChI is InChI=1S/C12H13F2NO/c1-8-6-9(11(14)10(13)7-8)12(16)15-4-2-3-5-15/h6-7H,2-5H2,1H3. The van der Waals surface area contributed by atoms with E-state index in [1.54, 1.807) is 11.8 Å². The molecule has 4 heteroatoms. The molecule has 86 valence electrons. The summed E-state index contributed by atoms with van der Waals surface area (Å²) in [6, 6.07) is 2.50. The molecule has 1 aromatic carbocycles. The van der Waals surface area contributed by atoms with E-state index in [9.17, 15) is 13.6 Å². The van der Waals surface area contributed by atoms with E-state index in [1.165, 1.54) is 6.07 Å². The first kappa shape index (κ1) is 11.0. The molecule has 0 aromatic heterocycles. The van der Waals surface area contributed by atoms with Crippen LogP contribution in [0.3, 0.4) is 0 Å². The number of benzene rings is 1. The maximum Gasteiger partial charge on any atom is 0.256 e. The van der Waals surface area contributed by atoms with Crippen molar-refractivity contribution in [1.82, 2.24) is 4.90 Å². The van der Waals surface area contributed by atoms with Crippen LogP contribution >= 0.6 is 0 Å². The lowest BCUT2D eigenvalue weighted by Gasteiger charge is -2.16. The van der Waals surface area contributed by atoms with Crippen LogP contribution in [0, 0.1) is 18.6 Å². The Kier molecular flexibility index (Phi) is 2.90. The molecule has 0 atom stereocenters. The molecule has 0 spiro atoms. The molecule has 0 saturated carbocycles. The number of rotatable bonds is 1. The summed E-state index contributed by atoms with van der Waals surface area (Å²) in [4.78, 5) is 13.5. The lowest BCUT2D eigenvalue weighted by Crippen LogP contribution is -2.28. The fourth-order valence-electron chi connectivity index (χ4n) is 1.97. The van der Waals surface area contributed by atoms with Crippen molar-refractivity contribution < 1.29 is 13.6 Å². The highest BCUT2D eigenvalue weighted by molar-refractivity contribution is 5.94. The summed E-state index contributed by atoms with van der Waals surface area (Å²) in [5, 5.41) is 0. The van der Waals surface area contributed by atoms with Gasteiger partial charge in [0.05, 0.1) is 5.56 Å². The maximum absolute atomic E-state index is 13.5. The van der Waals surface area contributed by atoms with Crippen LogP contribution < -0.4 is 0 Å². The first-order valence-electron chi connectivity index (χ1n) is 5.34. The van der Waals surface area contributed by atoms with Gasteiger partial charge in [0, 0.05) is 13.1 Å². The average molecular weight is 225 g/mol. The molecule has 1 aliphatic heterocycles. The Hall–Kier alpha value is -1.45. The van der Waals surface area contributed by atoms with Crippen LogP contribution in [0.4, 0.5) is 8.78 Å². The quantitative estimate of drug-likeness (QED) is 0.719. The van der Waals surface area contributed by atoms with Gasteiger partial charge >= 0.3 is 0 Å². The van der Waals surface area contributed by atoms with Crippen molar-refractivity contribution >= 4 is 5.91 Å². The summed E-state index contributed by atoms with van der Waals surface area (Å²) in [5.41, 5.74) is 0.404. The zero-order chi connectivity index (χ0) is 11.7. The fourth-order valence-corrected chi connectivity index (χ4v) is 1.97. The Labute approximate surface area is 92.9 Å². The Bertz CT molecular complexity index is 425. The predicted molar refractivity (Wildman–Crippen MR) is 56.2 cm³/mol. The third kappa shape index (κ3) is 1.92. The van der Waals surface area contributed by atoms with Crippen molar-refractivity contribution in [2.24, 2.45) is 0 Å². The Morgan fingerprint density at radius 3 is 2.50 bits per heavy atom. The lowest BCUT2D eigenvalue weighted by molar-refractivity contribution is 0.0787. The predicted octanol–water partition coefficient (Wildman–Crippen LogP) is 2.51. The first-order valence-corrected chi connectivity index (χ1v) is 5.34. The molecule has 0 radical (unpaired) electrons. The van der Waals surface area contributed by atoms with Crippen LogP contribution in [0.25, 0.3) is 0 Å². The summed E-state index contributed by atoms with van der Waals surface area (Å²) >= 11 is 0. The molecule has 16 heavy (non-hydrogen) atoms. The van der Waals surface area contributed by atoms with Gasteiger partial charge < -0.3 is 4.90 Å². The summed E-state index contributed by atoms with van der Waals surface area (Å²) in [6.07, 6.45) is 1.86. The first-order chi connectivity index (χ1) is 7.59. The van der Waals surface area contributed by atoms with Gasteiger partial charge in [0.2, 0.25) is 0 Å². The Morgan fingerprint density at radius 1 is 1.25 bits per heavy atom. The Balaban J connectivity index is 2.35. The summed E-state index contributed by atoms with van der Waals surface area (Å²) in [6.45, 7) is 2.91. The molecule has 2 rings (SSSR count). The Morgan fingerprint density at radius 2 is 1.88 bits per heavy atom. The third-order valence-electron chi connectivity index (χ3n) is 2.80. The van der Waals surface area contributed by atoms with Gasteiger partial charge in [-0.1, -0.05) is 0 Å². The summed E-state index contributed by atoms with van der Waals surface area (Å²) < 4.78 is 26.6. The zero-order valence-corrected chi connectivity index (χ0v) is 9.09. The second-order valence-corrected chi connectivity index (χ2v) is 4.11. The van der Waals surface area contributed by atoms with E-state index >= 15 is 0 Å². The maximum atomic E-state index is 13.5. The molecule has 2 nitrogen and oxygen atoms in total. The second kappa shape index (κ2) is 4.20. The largest absolute Gasteiger partial charge is 0.339 e. The van der Waals surface area contributed by atoms with Gasteiger partial charge in [-0.3, -0.25) is 4.79 Å². The highest BCUT2D eigenvalue weighted by atomic mass is 19.2. The van der Waals surface area contributed by atoms with E-state index in [2.05, 4.69) is 0 Å². The minimum absolute atomic E-state index is 0.153. The summed E-state index contributed by atoms with van der Waals surface area (Å²) in [7, 11) is 0. The number of likely N-dealkylation sites (tertiary alicyclic amines) is 1.